The van der Waals surface area contributed by atoms with Crippen molar-refractivity contribution in [3.8, 4) is 0 Å². The normalized spacial score (nSPS) is 12.4. The van der Waals surface area contributed by atoms with Crippen LogP contribution in [0.1, 0.15) is 17.3 Å². The first kappa shape index (κ1) is 15.9. The van der Waals surface area contributed by atoms with Crippen molar-refractivity contribution in [1.82, 2.24) is 10.4 Å². The summed E-state index contributed by atoms with van der Waals surface area (Å²) in [5.41, 5.74) is 3.90. The zero-order valence-electron chi connectivity index (χ0n) is 10.2. The molecule has 0 bridgehead atoms. The molecule has 1 aromatic carbocycles. The van der Waals surface area contributed by atoms with Crippen molar-refractivity contribution in [1.29, 1.82) is 0 Å². The molecule has 3 N–H and O–H groups in total. The van der Waals surface area contributed by atoms with Gasteiger partial charge in [0.25, 0.3) is 0 Å². The van der Waals surface area contributed by atoms with Gasteiger partial charge in [0.1, 0.15) is 5.82 Å². The number of nitrogens with two attached hydrogens (primary N) is 1. The zero-order chi connectivity index (χ0) is 14.7. The molecule has 0 aliphatic carbocycles. The highest BCUT2D eigenvalue weighted by atomic mass is 79.9. The molecule has 1 atom stereocenters. The molecule has 2 aromatic rings. The quantitative estimate of drug-likeness (QED) is 0.574. The van der Waals surface area contributed by atoms with Crippen LogP contribution in [-0.2, 0) is 6.42 Å². The van der Waals surface area contributed by atoms with Crippen LogP contribution < -0.4 is 11.3 Å². The number of nitrogens with one attached hydrogen (secondary N) is 1. The summed E-state index contributed by atoms with van der Waals surface area (Å²) >= 11 is 12.5. The van der Waals surface area contributed by atoms with Gasteiger partial charge in [0.15, 0.2) is 0 Å². The summed E-state index contributed by atoms with van der Waals surface area (Å²) in [4.78, 5) is 4.31. The molecular weight excluding hydrogens is 412 g/mol. The Hall–Kier alpha value is -0.530. The van der Waals surface area contributed by atoms with Crippen molar-refractivity contribution in [3.63, 3.8) is 0 Å². The van der Waals surface area contributed by atoms with E-state index in [0.29, 0.717) is 22.7 Å². The predicted molar refractivity (Wildman–Crippen MR) is 84.8 cm³/mol. The molecule has 0 fully saturated rings. The van der Waals surface area contributed by atoms with Gasteiger partial charge in [-0.1, -0.05) is 17.7 Å². The first-order chi connectivity index (χ1) is 9.51. The van der Waals surface area contributed by atoms with Crippen molar-refractivity contribution in [2.75, 3.05) is 0 Å². The summed E-state index contributed by atoms with van der Waals surface area (Å²) in [5, 5.41) is 0.367. The first-order valence-electron chi connectivity index (χ1n) is 5.72. The summed E-state index contributed by atoms with van der Waals surface area (Å²) in [7, 11) is 0. The van der Waals surface area contributed by atoms with E-state index in [9.17, 15) is 4.39 Å². The second-order valence-corrected chi connectivity index (χ2v) is 6.39. The predicted octanol–water partition coefficient (Wildman–Crippen LogP) is 4.15. The molecule has 0 saturated heterocycles. The molecule has 20 heavy (non-hydrogen) atoms. The SMILES string of the molecule is NNC(Cc1ccc(Cl)cc1F)c1ncc(Br)cc1Br. The van der Waals surface area contributed by atoms with Crippen LogP contribution >= 0.6 is 43.5 Å². The molecule has 0 aliphatic heterocycles. The van der Waals surface area contributed by atoms with E-state index in [-0.39, 0.29) is 11.9 Å². The highest BCUT2D eigenvalue weighted by Crippen LogP contribution is 2.27. The van der Waals surface area contributed by atoms with E-state index in [1.54, 1.807) is 18.3 Å². The van der Waals surface area contributed by atoms with Crippen LogP contribution in [-0.4, -0.2) is 4.98 Å². The molecule has 0 radical (unpaired) electrons. The molecule has 0 saturated carbocycles. The minimum absolute atomic E-state index is 0.312. The van der Waals surface area contributed by atoms with Gasteiger partial charge in [-0.15, -0.1) is 0 Å². The number of hydrogen-bond acceptors (Lipinski definition) is 3. The van der Waals surface area contributed by atoms with Crippen LogP contribution in [0.2, 0.25) is 5.02 Å². The topological polar surface area (TPSA) is 50.9 Å². The van der Waals surface area contributed by atoms with Gasteiger partial charge in [0.2, 0.25) is 0 Å². The van der Waals surface area contributed by atoms with Crippen molar-refractivity contribution >= 4 is 43.5 Å². The van der Waals surface area contributed by atoms with Crippen molar-refractivity contribution in [2.45, 2.75) is 12.5 Å². The molecule has 0 amide bonds. The van der Waals surface area contributed by atoms with Gasteiger partial charge in [0.05, 0.1) is 11.7 Å². The number of benzene rings is 1. The second kappa shape index (κ2) is 6.95. The van der Waals surface area contributed by atoms with E-state index in [1.807, 2.05) is 6.07 Å². The zero-order valence-corrected chi connectivity index (χ0v) is 14.1. The summed E-state index contributed by atoms with van der Waals surface area (Å²) in [6.07, 6.45) is 2.04. The molecule has 2 rings (SSSR count). The maximum absolute atomic E-state index is 13.8. The van der Waals surface area contributed by atoms with E-state index in [4.69, 9.17) is 17.4 Å². The van der Waals surface area contributed by atoms with Crippen LogP contribution in [0.3, 0.4) is 0 Å². The Balaban J connectivity index is 2.28. The number of nitrogens with zero attached hydrogens (tertiary/aromatic N) is 1. The third-order valence-corrected chi connectivity index (χ3v) is 4.11. The summed E-state index contributed by atoms with van der Waals surface area (Å²) < 4.78 is 15.5. The van der Waals surface area contributed by atoms with Crippen molar-refractivity contribution in [3.05, 3.63) is 61.5 Å². The molecule has 1 unspecified atom stereocenters. The largest absolute Gasteiger partial charge is 0.271 e. The van der Waals surface area contributed by atoms with Gasteiger partial charge in [-0.3, -0.25) is 16.3 Å². The van der Waals surface area contributed by atoms with Gasteiger partial charge in [-0.2, -0.15) is 0 Å². The maximum atomic E-state index is 13.8. The van der Waals surface area contributed by atoms with E-state index >= 15 is 0 Å². The minimum Gasteiger partial charge on any atom is -0.271 e. The van der Waals surface area contributed by atoms with E-state index < -0.39 is 0 Å². The number of halogens is 4. The van der Waals surface area contributed by atoms with Crippen LogP contribution in [0.4, 0.5) is 4.39 Å². The first-order valence-corrected chi connectivity index (χ1v) is 7.68. The van der Waals surface area contributed by atoms with Gasteiger partial charge in [0, 0.05) is 20.2 Å². The average molecular weight is 424 g/mol. The van der Waals surface area contributed by atoms with Gasteiger partial charge < -0.3 is 0 Å². The van der Waals surface area contributed by atoms with Crippen LogP contribution in [0.25, 0.3) is 0 Å². The average Bonchev–Trinajstić information content (AvgIpc) is 2.39. The smallest absolute Gasteiger partial charge is 0.127 e. The second-order valence-electron chi connectivity index (χ2n) is 4.18. The molecule has 7 heteroatoms. The molecule has 1 heterocycles. The highest BCUT2D eigenvalue weighted by molar-refractivity contribution is 9.11. The van der Waals surface area contributed by atoms with Gasteiger partial charge in [-0.05, 0) is 62.0 Å². The summed E-state index contributed by atoms with van der Waals surface area (Å²) in [5.74, 6) is 5.21. The Morgan fingerprint density at radius 3 is 2.70 bits per heavy atom. The Labute approximate surface area is 138 Å². The Morgan fingerprint density at radius 1 is 1.35 bits per heavy atom. The van der Waals surface area contributed by atoms with E-state index in [0.717, 1.165) is 8.95 Å². The lowest BCUT2D eigenvalue weighted by Gasteiger charge is -2.17. The fourth-order valence-corrected chi connectivity index (χ4v) is 3.25. The van der Waals surface area contributed by atoms with Crippen LogP contribution in [0.15, 0.2) is 39.4 Å². The summed E-state index contributed by atoms with van der Waals surface area (Å²) in [6, 6.07) is 6.14. The lowest BCUT2D eigenvalue weighted by molar-refractivity contribution is 0.517. The fourth-order valence-electron chi connectivity index (χ4n) is 1.82. The minimum atomic E-state index is -0.356. The Morgan fingerprint density at radius 2 is 2.10 bits per heavy atom. The molecule has 3 nitrogen and oxygen atoms in total. The molecule has 106 valence electrons. The monoisotopic (exact) mass is 421 g/mol. The molecule has 1 aromatic heterocycles. The fraction of sp³-hybridized carbons (Fsp3) is 0.154. The van der Waals surface area contributed by atoms with Crippen molar-refractivity contribution < 1.29 is 4.39 Å². The maximum Gasteiger partial charge on any atom is 0.127 e. The number of pyridine rings is 1. The third kappa shape index (κ3) is 3.77. The standard InChI is InChI=1S/C13H11Br2ClFN3/c14-8-4-10(15)13(19-6-8)12(20-18)3-7-1-2-9(16)5-11(7)17/h1-2,4-6,12,20H,3,18H2. The van der Waals surface area contributed by atoms with Crippen molar-refractivity contribution in [2.24, 2.45) is 5.84 Å². The van der Waals surface area contributed by atoms with Crippen LogP contribution in [0.5, 0.6) is 0 Å². The van der Waals surface area contributed by atoms with Gasteiger partial charge >= 0.3 is 0 Å². The number of hydrazine groups is 1. The lowest BCUT2D eigenvalue weighted by Crippen LogP contribution is -2.30. The molecular formula is C13H11Br2ClFN3. The lowest BCUT2D eigenvalue weighted by atomic mass is 10.0. The number of rotatable bonds is 4. The summed E-state index contributed by atoms with van der Waals surface area (Å²) in [6.45, 7) is 0. The highest BCUT2D eigenvalue weighted by Gasteiger charge is 2.17. The molecule has 0 spiro atoms. The Kier molecular flexibility index (Phi) is 5.51. The molecule has 0 aliphatic rings. The van der Waals surface area contributed by atoms with E-state index in [2.05, 4.69) is 42.3 Å². The Bertz CT molecular complexity index is 625. The van der Waals surface area contributed by atoms with Crippen LogP contribution in [0, 0.1) is 5.82 Å². The number of hydrogen-bond donors (Lipinski definition) is 2. The van der Waals surface area contributed by atoms with Gasteiger partial charge in [-0.25, -0.2) is 4.39 Å². The number of aromatic nitrogens is 1. The van der Waals surface area contributed by atoms with E-state index in [1.165, 1.54) is 6.07 Å². The third-order valence-electron chi connectivity index (χ3n) is 2.81.